The van der Waals surface area contributed by atoms with E-state index in [1.54, 1.807) is 30.3 Å². The summed E-state index contributed by atoms with van der Waals surface area (Å²) < 4.78 is 67.0. The molecule has 1 N–H and O–H groups in total. The van der Waals surface area contributed by atoms with Crippen LogP contribution in [-0.2, 0) is 22.7 Å². The summed E-state index contributed by atoms with van der Waals surface area (Å²) in [5.74, 6) is 0. The number of hydrogen-bond acceptors (Lipinski definition) is 3. The Bertz CT molecular complexity index is 1330. The highest BCUT2D eigenvalue weighted by Crippen LogP contribution is 2.30. The van der Waals surface area contributed by atoms with Crippen LogP contribution in [0.15, 0.2) is 77.7 Å². The van der Waals surface area contributed by atoms with Crippen LogP contribution in [0.4, 0.5) is 29.3 Å². The molecule has 184 valence electrons. The first kappa shape index (κ1) is 24.9. The molecule has 11 heteroatoms. The summed E-state index contributed by atoms with van der Waals surface area (Å²) in [4.78, 5) is 16.1. The molecule has 0 saturated carbocycles. The zero-order valence-corrected chi connectivity index (χ0v) is 19.9. The number of carbonyl (C=O) groups is 1. The van der Waals surface area contributed by atoms with Crippen molar-refractivity contribution in [1.29, 1.82) is 0 Å². The second kappa shape index (κ2) is 9.79. The fourth-order valence-corrected chi connectivity index (χ4v) is 4.97. The van der Waals surface area contributed by atoms with Crippen LogP contribution in [-0.4, -0.2) is 32.4 Å². The molecule has 1 aliphatic heterocycles. The Morgan fingerprint density at radius 2 is 1.66 bits per heavy atom. The maximum Gasteiger partial charge on any atom is 0.416 e. The molecule has 3 aromatic carbocycles. The number of anilines is 2. The van der Waals surface area contributed by atoms with Gasteiger partial charge in [0.25, 0.3) is 10.0 Å². The van der Waals surface area contributed by atoms with Crippen LogP contribution in [0.3, 0.4) is 0 Å². The Hall–Kier alpha value is -3.24. The van der Waals surface area contributed by atoms with Gasteiger partial charge in [-0.25, -0.2) is 13.2 Å². The first-order chi connectivity index (χ1) is 16.5. The summed E-state index contributed by atoms with van der Waals surface area (Å²) >= 11 is 5.83. The Balaban J connectivity index is 1.51. The van der Waals surface area contributed by atoms with Gasteiger partial charge in [-0.15, -0.1) is 0 Å². The van der Waals surface area contributed by atoms with Gasteiger partial charge in [0.15, 0.2) is 0 Å². The van der Waals surface area contributed by atoms with E-state index < -0.39 is 21.8 Å². The van der Waals surface area contributed by atoms with Crippen LogP contribution in [0.5, 0.6) is 0 Å². The number of halogens is 4. The highest BCUT2D eigenvalue weighted by Gasteiger charge is 2.31. The third-order valence-corrected chi connectivity index (χ3v) is 7.12. The Morgan fingerprint density at radius 3 is 2.37 bits per heavy atom. The molecule has 0 spiro atoms. The number of rotatable bonds is 6. The average molecular weight is 524 g/mol. The van der Waals surface area contributed by atoms with Gasteiger partial charge in [-0.2, -0.15) is 13.2 Å². The van der Waals surface area contributed by atoms with Crippen LogP contribution in [0.1, 0.15) is 17.5 Å². The van der Waals surface area contributed by atoms with Crippen molar-refractivity contribution in [3.8, 4) is 0 Å². The molecule has 0 aliphatic carbocycles. The number of nitrogens with zero attached hydrogens (tertiary/aromatic N) is 2. The number of carbonyl (C=O) groups excluding carboxylic acids is 1. The van der Waals surface area contributed by atoms with E-state index in [1.807, 2.05) is 0 Å². The van der Waals surface area contributed by atoms with Crippen molar-refractivity contribution in [3.63, 3.8) is 0 Å². The molecule has 3 aromatic rings. The van der Waals surface area contributed by atoms with Crippen molar-refractivity contribution in [2.75, 3.05) is 22.7 Å². The lowest BCUT2D eigenvalue weighted by molar-refractivity contribution is -0.137. The van der Waals surface area contributed by atoms with Crippen molar-refractivity contribution in [2.45, 2.75) is 24.0 Å². The molecule has 0 bridgehead atoms. The molecule has 35 heavy (non-hydrogen) atoms. The monoisotopic (exact) mass is 523 g/mol. The molecule has 1 aliphatic rings. The van der Waals surface area contributed by atoms with Gasteiger partial charge in [0.05, 0.1) is 16.1 Å². The Kier molecular flexibility index (Phi) is 6.95. The van der Waals surface area contributed by atoms with Crippen LogP contribution >= 0.6 is 11.6 Å². The van der Waals surface area contributed by atoms with Crippen LogP contribution in [0, 0.1) is 0 Å². The number of hydrogen-bond donors (Lipinski definition) is 1. The SMILES string of the molecule is O=C1N(Cc2cccc(C(F)(F)F)c2)CCCN1c1cccc(NS(=O)(=O)c2ccc(Cl)cc2)c1. The highest BCUT2D eigenvalue weighted by molar-refractivity contribution is 7.92. The minimum atomic E-state index is -4.46. The number of urea groups is 1. The second-order valence-corrected chi connectivity index (χ2v) is 10.1. The molecule has 0 aromatic heterocycles. The normalized spacial score (nSPS) is 14.8. The second-order valence-electron chi connectivity index (χ2n) is 8.02. The minimum Gasteiger partial charge on any atom is -0.320 e. The Morgan fingerprint density at radius 1 is 0.943 bits per heavy atom. The standard InChI is InChI=1S/C24H21ClF3N3O3S/c25-19-8-10-22(11-9-19)35(33,34)29-20-6-2-7-21(15-20)31-13-3-12-30(23(31)32)16-17-4-1-5-18(14-17)24(26,27)28/h1-2,4-11,14-15,29H,3,12-13,16H2. The lowest BCUT2D eigenvalue weighted by Crippen LogP contribution is -2.49. The molecule has 1 saturated heterocycles. The van der Waals surface area contributed by atoms with E-state index in [-0.39, 0.29) is 23.2 Å². The van der Waals surface area contributed by atoms with Crippen molar-refractivity contribution >= 4 is 39.0 Å². The fourth-order valence-electron chi connectivity index (χ4n) is 3.80. The zero-order valence-electron chi connectivity index (χ0n) is 18.3. The predicted octanol–water partition coefficient (Wildman–Crippen LogP) is 5.99. The predicted molar refractivity (Wildman–Crippen MR) is 128 cm³/mol. The third-order valence-electron chi connectivity index (χ3n) is 5.47. The lowest BCUT2D eigenvalue weighted by Gasteiger charge is -2.36. The maximum atomic E-state index is 13.1. The van der Waals surface area contributed by atoms with Gasteiger partial charge in [-0.3, -0.25) is 9.62 Å². The van der Waals surface area contributed by atoms with E-state index in [9.17, 15) is 26.4 Å². The molecule has 0 atom stereocenters. The smallest absolute Gasteiger partial charge is 0.320 e. The summed E-state index contributed by atoms with van der Waals surface area (Å²) in [6.45, 7) is 0.821. The topological polar surface area (TPSA) is 69.7 Å². The van der Waals surface area contributed by atoms with Crippen LogP contribution in [0.2, 0.25) is 5.02 Å². The van der Waals surface area contributed by atoms with Gasteiger partial charge in [-0.05, 0) is 66.6 Å². The summed E-state index contributed by atoms with van der Waals surface area (Å²) in [5, 5.41) is 0.407. The number of nitrogens with one attached hydrogen (secondary N) is 1. The fraction of sp³-hybridized carbons (Fsp3) is 0.208. The maximum absolute atomic E-state index is 13.1. The lowest BCUT2D eigenvalue weighted by atomic mass is 10.1. The highest BCUT2D eigenvalue weighted by atomic mass is 35.5. The van der Waals surface area contributed by atoms with E-state index in [2.05, 4.69) is 4.72 Å². The number of sulfonamides is 1. The number of amides is 2. The number of alkyl halides is 3. The van der Waals surface area contributed by atoms with Crippen molar-refractivity contribution in [2.24, 2.45) is 0 Å². The van der Waals surface area contributed by atoms with Gasteiger partial charge in [-0.1, -0.05) is 29.8 Å². The molecular weight excluding hydrogens is 503 g/mol. The van der Waals surface area contributed by atoms with Gasteiger partial charge in [0.1, 0.15) is 0 Å². The number of benzene rings is 3. The summed E-state index contributed by atoms with van der Waals surface area (Å²) in [6, 6.07) is 16.6. The molecule has 2 amide bonds. The molecule has 1 fully saturated rings. The molecule has 6 nitrogen and oxygen atoms in total. The van der Waals surface area contributed by atoms with Crippen molar-refractivity contribution in [1.82, 2.24) is 4.90 Å². The van der Waals surface area contributed by atoms with Gasteiger partial charge in [0.2, 0.25) is 0 Å². The quantitative estimate of drug-likeness (QED) is 0.431. The molecule has 1 heterocycles. The van der Waals surface area contributed by atoms with Crippen molar-refractivity contribution < 1.29 is 26.4 Å². The third kappa shape index (κ3) is 5.88. The Labute approximate surface area is 206 Å². The first-order valence-corrected chi connectivity index (χ1v) is 12.5. The molecule has 4 rings (SSSR count). The minimum absolute atomic E-state index is 0.0299. The molecule has 0 radical (unpaired) electrons. The van der Waals surface area contributed by atoms with E-state index in [1.165, 1.54) is 40.1 Å². The van der Waals surface area contributed by atoms with Gasteiger partial charge >= 0.3 is 12.2 Å². The average Bonchev–Trinajstić information content (AvgIpc) is 2.80. The zero-order chi connectivity index (χ0) is 25.2. The van der Waals surface area contributed by atoms with Crippen LogP contribution in [0.25, 0.3) is 0 Å². The van der Waals surface area contributed by atoms with Crippen LogP contribution < -0.4 is 9.62 Å². The van der Waals surface area contributed by atoms with Crippen molar-refractivity contribution in [3.05, 3.63) is 88.9 Å². The first-order valence-electron chi connectivity index (χ1n) is 10.6. The summed E-state index contributed by atoms with van der Waals surface area (Å²) in [5.41, 5.74) is 0.344. The van der Waals surface area contributed by atoms with E-state index in [4.69, 9.17) is 11.6 Å². The molecule has 0 unspecified atom stereocenters. The van der Waals surface area contributed by atoms with E-state index in [0.29, 0.717) is 35.8 Å². The largest absolute Gasteiger partial charge is 0.416 e. The van der Waals surface area contributed by atoms with Gasteiger partial charge < -0.3 is 4.90 Å². The summed E-state index contributed by atoms with van der Waals surface area (Å²) in [7, 11) is -3.87. The van der Waals surface area contributed by atoms with E-state index >= 15 is 0 Å². The summed E-state index contributed by atoms with van der Waals surface area (Å²) in [6.07, 6.45) is -3.86. The van der Waals surface area contributed by atoms with Gasteiger partial charge in [0, 0.05) is 30.3 Å². The van der Waals surface area contributed by atoms with E-state index in [0.717, 1.165) is 12.1 Å². The molecular formula is C24H21ClF3N3O3S.